The lowest BCUT2D eigenvalue weighted by Crippen LogP contribution is -2.07. The van der Waals surface area contributed by atoms with Gasteiger partial charge in [-0.2, -0.15) is 0 Å². The third kappa shape index (κ3) is 3.32. The maximum atomic E-state index is 12.5. The van der Waals surface area contributed by atoms with Gasteiger partial charge >= 0.3 is 0 Å². The van der Waals surface area contributed by atoms with Crippen molar-refractivity contribution in [2.45, 2.75) is 24.5 Å². The summed E-state index contributed by atoms with van der Waals surface area (Å²) in [6.45, 7) is 3.88. The van der Waals surface area contributed by atoms with Crippen LogP contribution in [0.25, 0.3) is 0 Å². The van der Waals surface area contributed by atoms with E-state index in [-0.39, 0.29) is 15.7 Å². The van der Waals surface area contributed by atoms with Crippen molar-refractivity contribution in [1.82, 2.24) is 0 Å². The molecule has 0 heterocycles. The highest BCUT2D eigenvalue weighted by Gasteiger charge is 2.19. The van der Waals surface area contributed by atoms with E-state index in [9.17, 15) is 8.42 Å². The Kier molecular flexibility index (Phi) is 4.06. The summed E-state index contributed by atoms with van der Waals surface area (Å²) in [5, 5.41) is 0.198. The van der Waals surface area contributed by atoms with Crippen LogP contribution in [0.15, 0.2) is 41.3 Å². The second-order valence-electron chi connectivity index (χ2n) is 4.94. The van der Waals surface area contributed by atoms with Crippen molar-refractivity contribution in [2.75, 3.05) is 5.73 Å². The smallest absolute Gasteiger partial charge is 0.184 e. The number of nitrogens with two attached hydrogens (primary N) is 1. The Labute approximate surface area is 124 Å². The van der Waals surface area contributed by atoms with Gasteiger partial charge in [-0.1, -0.05) is 40.9 Å². The van der Waals surface area contributed by atoms with Crippen LogP contribution in [-0.2, 0) is 15.6 Å². The minimum Gasteiger partial charge on any atom is -0.399 e. The predicted octanol–water partition coefficient (Wildman–Crippen LogP) is 3.51. The Morgan fingerprint density at radius 3 is 2.25 bits per heavy atom. The van der Waals surface area contributed by atoms with Crippen LogP contribution in [0.3, 0.4) is 0 Å². The molecule has 0 aliphatic carbocycles. The maximum Gasteiger partial charge on any atom is 0.184 e. The third-order valence-electron chi connectivity index (χ3n) is 2.93. The van der Waals surface area contributed by atoms with Crippen molar-refractivity contribution in [1.29, 1.82) is 0 Å². The summed E-state index contributed by atoms with van der Waals surface area (Å²) in [7, 11) is -3.51. The summed E-state index contributed by atoms with van der Waals surface area (Å²) in [4.78, 5) is 0.0818. The lowest BCUT2D eigenvalue weighted by molar-refractivity contribution is 0.595. The van der Waals surface area contributed by atoms with Gasteiger partial charge in [-0.05, 0) is 37.6 Å². The van der Waals surface area contributed by atoms with Crippen LogP contribution in [-0.4, -0.2) is 8.42 Å². The molecule has 0 amide bonds. The van der Waals surface area contributed by atoms with Gasteiger partial charge in [-0.15, -0.1) is 0 Å². The molecule has 0 aliphatic heterocycles. The summed E-state index contributed by atoms with van der Waals surface area (Å²) in [6.07, 6.45) is 0. The van der Waals surface area contributed by atoms with Crippen LogP contribution in [0.5, 0.6) is 0 Å². The molecule has 0 fully saturated rings. The summed E-state index contributed by atoms with van der Waals surface area (Å²) in [6, 6.07) is 10.2. The summed E-state index contributed by atoms with van der Waals surface area (Å²) in [5.74, 6) is -0.0846. The van der Waals surface area contributed by atoms with Crippen molar-refractivity contribution < 1.29 is 8.42 Å². The zero-order valence-electron chi connectivity index (χ0n) is 11.4. The van der Waals surface area contributed by atoms with Crippen molar-refractivity contribution in [2.24, 2.45) is 0 Å². The Bertz CT molecular complexity index is 734. The van der Waals surface area contributed by atoms with Crippen molar-refractivity contribution in [3.05, 3.63) is 58.1 Å². The molecule has 0 saturated heterocycles. The Morgan fingerprint density at radius 1 is 1.05 bits per heavy atom. The average Bonchev–Trinajstić information content (AvgIpc) is 2.30. The van der Waals surface area contributed by atoms with Gasteiger partial charge < -0.3 is 5.73 Å². The van der Waals surface area contributed by atoms with E-state index >= 15 is 0 Å². The molecule has 0 aromatic heterocycles. The number of rotatable bonds is 3. The zero-order valence-corrected chi connectivity index (χ0v) is 12.9. The molecule has 2 N–H and O–H groups in total. The van der Waals surface area contributed by atoms with Gasteiger partial charge in [0.05, 0.1) is 15.7 Å². The van der Waals surface area contributed by atoms with Crippen LogP contribution < -0.4 is 5.73 Å². The number of halogens is 1. The van der Waals surface area contributed by atoms with Crippen LogP contribution in [0, 0.1) is 13.8 Å². The molecule has 0 bridgehead atoms. The second-order valence-corrected chi connectivity index (χ2v) is 7.31. The molecular weight excluding hydrogens is 294 g/mol. The fourth-order valence-electron chi connectivity index (χ4n) is 2.21. The molecule has 20 heavy (non-hydrogen) atoms. The molecule has 106 valence electrons. The Morgan fingerprint density at radius 2 is 1.65 bits per heavy atom. The summed E-state index contributed by atoms with van der Waals surface area (Å²) >= 11 is 5.97. The van der Waals surface area contributed by atoms with Crippen molar-refractivity contribution in [3.63, 3.8) is 0 Å². The van der Waals surface area contributed by atoms with E-state index in [0.717, 1.165) is 16.7 Å². The minimum absolute atomic E-state index is 0.0818. The summed E-state index contributed by atoms with van der Waals surface area (Å²) < 4.78 is 24.9. The number of aryl methyl sites for hydroxylation is 2. The van der Waals surface area contributed by atoms with Gasteiger partial charge in [0.15, 0.2) is 9.84 Å². The summed E-state index contributed by atoms with van der Waals surface area (Å²) in [5.41, 5.74) is 8.85. The molecule has 0 atom stereocenters. The van der Waals surface area contributed by atoms with Gasteiger partial charge in [0.25, 0.3) is 0 Å². The molecule has 3 nitrogen and oxygen atoms in total. The molecule has 0 saturated carbocycles. The molecular formula is C15H16ClNO2S. The average molecular weight is 310 g/mol. The maximum absolute atomic E-state index is 12.5. The normalized spacial score (nSPS) is 11.6. The van der Waals surface area contributed by atoms with E-state index in [0.29, 0.717) is 5.69 Å². The monoisotopic (exact) mass is 309 g/mol. The first-order chi connectivity index (χ1) is 9.28. The van der Waals surface area contributed by atoms with E-state index in [1.807, 2.05) is 32.0 Å². The quantitative estimate of drug-likeness (QED) is 0.883. The molecule has 0 radical (unpaired) electrons. The van der Waals surface area contributed by atoms with Crippen LogP contribution >= 0.6 is 11.6 Å². The van der Waals surface area contributed by atoms with Gasteiger partial charge in [0.2, 0.25) is 0 Å². The lowest BCUT2D eigenvalue weighted by atomic mass is 10.1. The van der Waals surface area contributed by atoms with E-state index in [2.05, 4.69) is 0 Å². The number of benzene rings is 2. The minimum atomic E-state index is -3.51. The van der Waals surface area contributed by atoms with E-state index in [4.69, 9.17) is 17.3 Å². The predicted molar refractivity (Wildman–Crippen MR) is 82.7 cm³/mol. The van der Waals surface area contributed by atoms with E-state index < -0.39 is 9.84 Å². The van der Waals surface area contributed by atoms with Crippen LogP contribution in [0.1, 0.15) is 16.7 Å². The van der Waals surface area contributed by atoms with Crippen molar-refractivity contribution >= 4 is 27.1 Å². The molecule has 0 aliphatic rings. The van der Waals surface area contributed by atoms with Gasteiger partial charge in [0.1, 0.15) is 0 Å². The lowest BCUT2D eigenvalue weighted by Gasteiger charge is -2.09. The molecule has 2 aromatic carbocycles. The van der Waals surface area contributed by atoms with Gasteiger partial charge in [0, 0.05) is 5.69 Å². The molecule has 0 unspecified atom stereocenters. The first-order valence-electron chi connectivity index (χ1n) is 6.13. The zero-order chi connectivity index (χ0) is 14.9. The molecule has 2 rings (SSSR count). The highest BCUT2D eigenvalue weighted by atomic mass is 35.5. The Hall–Kier alpha value is -1.52. The number of hydrogen-bond acceptors (Lipinski definition) is 3. The van der Waals surface area contributed by atoms with Gasteiger partial charge in [-0.3, -0.25) is 0 Å². The topological polar surface area (TPSA) is 60.2 Å². The highest BCUT2D eigenvalue weighted by molar-refractivity contribution is 7.90. The highest BCUT2D eigenvalue weighted by Crippen LogP contribution is 2.27. The molecule has 2 aromatic rings. The molecule has 0 spiro atoms. The van der Waals surface area contributed by atoms with Crippen LogP contribution in [0.2, 0.25) is 5.02 Å². The first-order valence-corrected chi connectivity index (χ1v) is 8.16. The first kappa shape index (κ1) is 14.9. The van der Waals surface area contributed by atoms with Crippen LogP contribution in [0.4, 0.5) is 5.69 Å². The fraction of sp³-hybridized carbons (Fsp3) is 0.200. The van der Waals surface area contributed by atoms with Gasteiger partial charge in [-0.25, -0.2) is 8.42 Å². The number of sulfone groups is 1. The van der Waals surface area contributed by atoms with E-state index in [1.165, 1.54) is 12.1 Å². The van der Waals surface area contributed by atoms with Crippen molar-refractivity contribution in [3.8, 4) is 0 Å². The molecule has 5 heteroatoms. The van der Waals surface area contributed by atoms with E-state index in [1.54, 1.807) is 6.07 Å². The number of anilines is 1. The Balaban J connectivity index is 2.43. The standard InChI is InChI=1S/C15H16ClNO2S/c1-10-5-11(2)7-12(6-10)9-20(18,19)15-8-13(17)3-4-14(15)16/h3-8H,9,17H2,1-2H3. The largest absolute Gasteiger partial charge is 0.399 e. The third-order valence-corrected chi connectivity index (χ3v) is 5.09. The second kappa shape index (κ2) is 5.46. The fourth-order valence-corrected chi connectivity index (χ4v) is 4.12. The number of nitrogen functional groups attached to an aromatic ring is 1. The number of hydrogen-bond donors (Lipinski definition) is 1. The SMILES string of the molecule is Cc1cc(C)cc(CS(=O)(=O)c2cc(N)ccc2Cl)c1.